The van der Waals surface area contributed by atoms with E-state index in [2.05, 4.69) is 5.10 Å². The van der Waals surface area contributed by atoms with Crippen molar-refractivity contribution in [2.24, 2.45) is 5.73 Å². The highest BCUT2D eigenvalue weighted by Crippen LogP contribution is 2.25. The standard InChI is InChI=1S/C18H24ClFN4O2S/c1-12-17(9-15(20)7-8-21)13(2)24(22-12)11-14-5-6-16(10-18(14)19)27(25,26)23(3)4/h5-7,10H,8-9,11,21H2,1-4H3/b15-7-. The van der Waals surface area contributed by atoms with E-state index < -0.39 is 10.0 Å². The smallest absolute Gasteiger partial charge is 0.242 e. The molecular formula is C18H24ClFN4O2S. The van der Waals surface area contributed by atoms with Gasteiger partial charge in [0.25, 0.3) is 0 Å². The number of aromatic nitrogens is 2. The lowest BCUT2D eigenvalue weighted by Gasteiger charge is -2.13. The lowest BCUT2D eigenvalue weighted by Crippen LogP contribution is -2.22. The number of rotatable bonds is 7. The molecule has 9 heteroatoms. The molecule has 0 amide bonds. The van der Waals surface area contributed by atoms with Crippen LogP contribution in [0.2, 0.25) is 5.02 Å². The third-order valence-corrected chi connectivity index (χ3v) is 6.50. The molecule has 0 saturated carbocycles. The lowest BCUT2D eigenvalue weighted by molar-refractivity contribution is 0.520. The topological polar surface area (TPSA) is 81.2 Å². The van der Waals surface area contributed by atoms with Crippen molar-refractivity contribution in [3.63, 3.8) is 0 Å². The van der Waals surface area contributed by atoms with Gasteiger partial charge < -0.3 is 5.73 Å². The van der Waals surface area contributed by atoms with Crippen LogP contribution in [0.25, 0.3) is 0 Å². The van der Waals surface area contributed by atoms with Crippen LogP contribution < -0.4 is 5.73 Å². The van der Waals surface area contributed by atoms with Crippen molar-refractivity contribution in [1.82, 2.24) is 14.1 Å². The van der Waals surface area contributed by atoms with Crippen LogP contribution in [0.1, 0.15) is 22.5 Å². The molecule has 6 nitrogen and oxygen atoms in total. The fraction of sp³-hybridized carbons (Fsp3) is 0.389. The van der Waals surface area contributed by atoms with Crippen LogP contribution in [0.15, 0.2) is 35.0 Å². The number of hydrogen-bond donors (Lipinski definition) is 1. The van der Waals surface area contributed by atoms with Gasteiger partial charge in [0.05, 0.1) is 17.1 Å². The van der Waals surface area contributed by atoms with Gasteiger partial charge in [0, 0.05) is 43.3 Å². The van der Waals surface area contributed by atoms with E-state index in [0.717, 1.165) is 26.8 Å². The van der Waals surface area contributed by atoms with Gasteiger partial charge in [-0.2, -0.15) is 5.10 Å². The summed E-state index contributed by atoms with van der Waals surface area (Å²) in [7, 11) is -0.620. The molecule has 1 aromatic carbocycles. The van der Waals surface area contributed by atoms with Gasteiger partial charge in [0.15, 0.2) is 0 Å². The van der Waals surface area contributed by atoms with Crippen LogP contribution in [0.4, 0.5) is 4.39 Å². The predicted octanol–water partition coefficient (Wildman–Crippen LogP) is 2.81. The zero-order valence-electron chi connectivity index (χ0n) is 15.8. The maximum Gasteiger partial charge on any atom is 0.242 e. The zero-order valence-corrected chi connectivity index (χ0v) is 17.4. The first-order chi connectivity index (χ1) is 12.6. The molecule has 1 heterocycles. The monoisotopic (exact) mass is 414 g/mol. The second kappa shape index (κ2) is 8.52. The van der Waals surface area contributed by atoms with E-state index in [1.165, 1.54) is 32.3 Å². The number of aryl methyl sites for hydroxylation is 1. The Labute approximate surface area is 164 Å². The average molecular weight is 415 g/mol. The number of sulfonamides is 1. The van der Waals surface area contributed by atoms with E-state index in [9.17, 15) is 12.8 Å². The Morgan fingerprint density at radius 3 is 2.59 bits per heavy atom. The van der Waals surface area contributed by atoms with E-state index in [0.29, 0.717) is 11.6 Å². The maximum absolute atomic E-state index is 13.8. The zero-order chi connectivity index (χ0) is 20.4. The summed E-state index contributed by atoms with van der Waals surface area (Å²) in [4.78, 5) is 0.129. The van der Waals surface area contributed by atoms with Crippen molar-refractivity contribution in [2.45, 2.75) is 31.7 Å². The number of allylic oxidation sites excluding steroid dienone is 1. The summed E-state index contributed by atoms with van der Waals surface area (Å²) < 4.78 is 41.1. The Bertz CT molecular complexity index is 968. The van der Waals surface area contributed by atoms with Crippen molar-refractivity contribution in [3.05, 3.63) is 57.6 Å². The minimum atomic E-state index is -3.55. The molecule has 0 radical (unpaired) electrons. The van der Waals surface area contributed by atoms with Crippen molar-refractivity contribution < 1.29 is 12.8 Å². The van der Waals surface area contributed by atoms with Gasteiger partial charge >= 0.3 is 0 Å². The molecule has 2 N–H and O–H groups in total. The molecule has 0 aliphatic carbocycles. The van der Waals surface area contributed by atoms with Gasteiger partial charge in [-0.1, -0.05) is 17.7 Å². The molecule has 0 aliphatic rings. The molecule has 148 valence electrons. The van der Waals surface area contributed by atoms with Crippen LogP contribution in [-0.4, -0.2) is 43.1 Å². The summed E-state index contributed by atoms with van der Waals surface area (Å²) in [5, 5.41) is 4.80. The molecular weight excluding hydrogens is 391 g/mol. The third kappa shape index (κ3) is 4.76. The van der Waals surface area contributed by atoms with Crippen molar-refractivity contribution in [3.8, 4) is 0 Å². The van der Waals surface area contributed by atoms with E-state index in [-0.39, 0.29) is 23.7 Å². The van der Waals surface area contributed by atoms with Crippen LogP contribution in [-0.2, 0) is 23.0 Å². The van der Waals surface area contributed by atoms with Crippen LogP contribution >= 0.6 is 11.6 Å². The number of halogens is 2. The van der Waals surface area contributed by atoms with Gasteiger partial charge in [-0.3, -0.25) is 4.68 Å². The molecule has 0 fully saturated rings. The number of benzene rings is 1. The fourth-order valence-corrected chi connectivity index (χ4v) is 3.94. The minimum absolute atomic E-state index is 0.129. The van der Waals surface area contributed by atoms with Crippen molar-refractivity contribution >= 4 is 21.6 Å². The Balaban J connectivity index is 2.32. The number of nitrogens with zero attached hydrogens (tertiary/aromatic N) is 3. The molecule has 27 heavy (non-hydrogen) atoms. The molecule has 0 bridgehead atoms. The van der Waals surface area contributed by atoms with E-state index >= 15 is 0 Å². The van der Waals surface area contributed by atoms with E-state index in [1.807, 2.05) is 13.8 Å². The second-order valence-electron chi connectivity index (χ2n) is 6.41. The Morgan fingerprint density at radius 2 is 2.04 bits per heavy atom. The summed E-state index contributed by atoms with van der Waals surface area (Å²) in [6.07, 6.45) is 1.49. The first-order valence-electron chi connectivity index (χ1n) is 8.36. The number of hydrogen-bond acceptors (Lipinski definition) is 4. The normalized spacial score (nSPS) is 12.8. The second-order valence-corrected chi connectivity index (χ2v) is 8.97. The predicted molar refractivity (Wildman–Crippen MR) is 105 cm³/mol. The summed E-state index contributed by atoms with van der Waals surface area (Å²) >= 11 is 6.31. The molecule has 2 rings (SSSR count). The van der Waals surface area contributed by atoms with Crippen molar-refractivity contribution in [2.75, 3.05) is 20.6 Å². The summed E-state index contributed by atoms with van der Waals surface area (Å²) in [6, 6.07) is 4.62. The van der Waals surface area contributed by atoms with Crippen LogP contribution in [0.5, 0.6) is 0 Å². The van der Waals surface area contributed by atoms with Gasteiger partial charge in [-0.15, -0.1) is 0 Å². The summed E-state index contributed by atoms with van der Waals surface area (Å²) in [6.45, 7) is 4.19. The van der Waals surface area contributed by atoms with Gasteiger partial charge in [0.1, 0.15) is 5.83 Å². The third-order valence-electron chi connectivity index (χ3n) is 4.34. The Kier molecular flexibility index (Phi) is 6.80. The lowest BCUT2D eigenvalue weighted by atomic mass is 10.1. The molecule has 1 aromatic heterocycles. The Morgan fingerprint density at radius 1 is 1.37 bits per heavy atom. The van der Waals surface area contributed by atoms with Gasteiger partial charge in [-0.25, -0.2) is 17.1 Å². The molecule has 0 unspecified atom stereocenters. The van der Waals surface area contributed by atoms with Gasteiger partial charge in [-0.05, 0) is 37.6 Å². The summed E-state index contributed by atoms with van der Waals surface area (Å²) in [5.74, 6) is -0.292. The number of nitrogens with two attached hydrogens (primary N) is 1. The summed E-state index contributed by atoms with van der Waals surface area (Å²) in [5.41, 5.74) is 8.44. The van der Waals surface area contributed by atoms with Crippen molar-refractivity contribution in [1.29, 1.82) is 0 Å². The first-order valence-corrected chi connectivity index (χ1v) is 10.2. The minimum Gasteiger partial charge on any atom is -0.327 e. The van der Waals surface area contributed by atoms with Crippen LogP contribution in [0.3, 0.4) is 0 Å². The quantitative estimate of drug-likeness (QED) is 0.755. The fourth-order valence-electron chi connectivity index (χ4n) is 2.70. The van der Waals surface area contributed by atoms with E-state index in [1.54, 1.807) is 10.7 Å². The molecule has 0 aliphatic heterocycles. The largest absolute Gasteiger partial charge is 0.327 e. The van der Waals surface area contributed by atoms with Crippen LogP contribution in [0, 0.1) is 13.8 Å². The molecule has 0 atom stereocenters. The highest BCUT2D eigenvalue weighted by Gasteiger charge is 2.19. The van der Waals surface area contributed by atoms with Gasteiger partial charge in [0.2, 0.25) is 10.0 Å². The van der Waals surface area contributed by atoms with E-state index in [4.69, 9.17) is 17.3 Å². The maximum atomic E-state index is 13.8. The molecule has 0 saturated heterocycles. The highest BCUT2D eigenvalue weighted by atomic mass is 35.5. The Hall–Kier alpha value is -1.74. The first kappa shape index (κ1) is 21.6. The average Bonchev–Trinajstić information content (AvgIpc) is 2.84. The molecule has 2 aromatic rings. The molecule has 0 spiro atoms. The highest BCUT2D eigenvalue weighted by molar-refractivity contribution is 7.89. The SMILES string of the molecule is Cc1nn(Cc2ccc(S(=O)(=O)N(C)C)cc2Cl)c(C)c1C/C(F)=C/CN.